The van der Waals surface area contributed by atoms with Crippen molar-refractivity contribution in [2.45, 2.75) is 13.8 Å². The van der Waals surface area contributed by atoms with Crippen LogP contribution in [0.3, 0.4) is 0 Å². The molecule has 0 spiro atoms. The predicted octanol–water partition coefficient (Wildman–Crippen LogP) is 2.14. The number of rotatable bonds is 2. The number of nitrogens with zero attached hydrogens (tertiary/aromatic N) is 1. The Balaban J connectivity index is 2.89. The van der Waals surface area contributed by atoms with Gasteiger partial charge in [0.1, 0.15) is 11.5 Å². The second-order valence-electron chi connectivity index (χ2n) is 2.47. The van der Waals surface area contributed by atoms with Gasteiger partial charge in [0, 0.05) is 11.6 Å². The Labute approximate surface area is 69.6 Å². The Morgan fingerprint density at radius 2 is 2.25 bits per heavy atom. The van der Waals surface area contributed by atoms with Crippen LogP contribution in [0.15, 0.2) is 16.7 Å². The van der Waals surface area contributed by atoms with E-state index in [2.05, 4.69) is 0 Å². The van der Waals surface area contributed by atoms with Gasteiger partial charge in [-0.1, -0.05) is 0 Å². The summed E-state index contributed by atoms with van der Waals surface area (Å²) in [5.74, 6) is 1.46. The molecule has 0 saturated heterocycles. The van der Waals surface area contributed by atoms with E-state index in [4.69, 9.17) is 4.42 Å². The Hall–Kier alpha value is -1.58. The molecule has 0 unspecified atom stereocenters. The first-order valence-corrected chi connectivity index (χ1v) is 3.48. The second kappa shape index (κ2) is 3.21. The molecule has 0 aliphatic rings. The van der Waals surface area contributed by atoms with Crippen LogP contribution in [0.4, 0.5) is 0 Å². The van der Waals surface area contributed by atoms with Gasteiger partial charge in [-0.15, -0.1) is 0 Å². The first kappa shape index (κ1) is 8.52. The molecule has 0 bridgehead atoms. The standard InChI is InChI=1S/C8H9NO3/c1-6-5-8(7(2)12-6)3-4-9(10)11/h3-5H,1-2H3/b4-3-. The minimum absolute atomic E-state index is 0.498. The summed E-state index contributed by atoms with van der Waals surface area (Å²) >= 11 is 0. The van der Waals surface area contributed by atoms with Crippen molar-refractivity contribution in [3.63, 3.8) is 0 Å². The van der Waals surface area contributed by atoms with Gasteiger partial charge < -0.3 is 4.42 Å². The quantitative estimate of drug-likeness (QED) is 0.500. The maximum atomic E-state index is 9.98. The van der Waals surface area contributed by atoms with Crippen LogP contribution in [0, 0.1) is 24.0 Å². The van der Waals surface area contributed by atoms with Crippen LogP contribution < -0.4 is 0 Å². The second-order valence-corrected chi connectivity index (χ2v) is 2.47. The van der Waals surface area contributed by atoms with E-state index in [-0.39, 0.29) is 0 Å². The molecule has 0 N–H and O–H groups in total. The fraction of sp³-hybridized carbons (Fsp3) is 0.250. The van der Waals surface area contributed by atoms with E-state index in [1.165, 1.54) is 6.08 Å². The fourth-order valence-electron chi connectivity index (χ4n) is 0.957. The highest BCUT2D eigenvalue weighted by Crippen LogP contribution is 2.14. The highest BCUT2D eigenvalue weighted by molar-refractivity contribution is 5.50. The van der Waals surface area contributed by atoms with Crippen LogP contribution in [0.5, 0.6) is 0 Å². The molecular formula is C8H9NO3. The smallest absolute Gasteiger partial charge is 0.235 e. The van der Waals surface area contributed by atoms with Crippen molar-refractivity contribution in [1.29, 1.82) is 0 Å². The molecule has 1 aromatic heterocycles. The molecule has 0 aliphatic carbocycles. The molecule has 1 heterocycles. The summed E-state index contributed by atoms with van der Waals surface area (Å²) < 4.78 is 5.17. The van der Waals surface area contributed by atoms with E-state index in [1.54, 1.807) is 19.9 Å². The van der Waals surface area contributed by atoms with Gasteiger partial charge in [-0.05, 0) is 19.9 Å². The summed E-state index contributed by atoms with van der Waals surface area (Å²) in [6.07, 6.45) is 2.32. The monoisotopic (exact) mass is 167 g/mol. The molecule has 0 aromatic carbocycles. The number of nitro groups is 1. The van der Waals surface area contributed by atoms with Crippen molar-refractivity contribution >= 4 is 6.08 Å². The van der Waals surface area contributed by atoms with Crippen LogP contribution in [0.25, 0.3) is 6.08 Å². The van der Waals surface area contributed by atoms with Crippen molar-refractivity contribution in [3.8, 4) is 0 Å². The highest BCUT2D eigenvalue weighted by atomic mass is 16.6. The average Bonchev–Trinajstić information content (AvgIpc) is 2.26. The minimum Gasteiger partial charge on any atom is -0.466 e. The lowest BCUT2D eigenvalue weighted by Gasteiger charge is -1.83. The van der Waals surface area contributed by atoms with Gasteiger partial charge in [-0.3, -0.25) is 10.1 Å². The summed E-state index contributed by atoms with van der Waals surface area (Å²) in [5, 5.41) is 9.98. The third kappa shape index (κ3) is 1.95. The third-order valence-electron chi connectivity index (χ3n) is 1.46. The molecule has 12 heavy (non-hydrogen) atoms. The van der Waals surface area contributed by atoms with Crippen LogP contribution in [-0.2, 0) is 0 Å². The van der Waals surface area contributed by atoms with Gasteiger partial charge in [0.15, 0.2) is 0 Å². The van der Waals surface area contributed by atoms with Crippen molar-refractivity contribution in [3.05, 3.63) is 39.5 Å². The van der Waals surface area contributed by atoms with Crippen molar-refractivity contribution in [2.24, 2.45) is 0 Å². The molecule has 0 atom stereocenters. The van der Waals surface area contributed by atoms with Gasteiger partial charge in [0.25, 0.3) is 0 Å². The molecule has 64 valence electrons. The lowest BCUT2D eigenvalue weighted by molar-refractivity contribution is -0.400. The van der Waals surface area contributed by atoms with E-state index < -0.39 is 4.92 Å². The van der Waals surface area contributed by atoms with E-state index in [9.17, 15) is 10.1 Å². The molecule has 0 radical (unpaired) electrons. The normalized spacial score (nSPS) is 10.8. The maximum absolute atomic E-state index is 9.98. The predicted molar refractivity (Wildman–Crippen MR) is 44.2 cm³/mol. The summed E-state index contributed by atoms with van der Waals surface area (Å²) in [4.78, 5) is 9.48. The topological polar surface area (TPSA) is 56.3 Å². The van der Waals surface area contributed by atoms with E-state index in [0.29, 0.717) is 5.76 Å². The molecule has 0 saturated carbocycles. The van der Waals surface area contributed by atoms with Crippen molar-refractivity contribution < 1.29 is 9.34 Å². The Kier molecular flexibility index (Phi) is 2.28. The van der Waals surface area contributed by atoms with Gasteiger partial charge in [-0.2, -0.15) is 0 Å². The average molecular weight is 167 g/mol. The number of hydrogen-bond donors (Lipinski definition) is 0. The summed E-state index contributed by atoms with van der Waals surface area (Å²) in [5.41, 5.74) is 0.754. The van der Waals surface area contributed by atoms with Gasteiger partial charge >= 0.3 is 0 Å². The van der Waals surface area contributed by atoms with Crippen molar-refractivity contribution in [1.82, 2.24) is 0 Å². The SMILES string of the molecule is Cc1cc(/C=C\[N+](=O)[O-])c(C)o1. The van der Waals surface area contributed by atoms with Gasteiger partial charge in [-0.25, -0.2) is 0 Å². The molecule has 1 rings (SSSR count). The van der Waals surface area contributed by atoms with Gasteiger partial charge in [0.2, 0.25) is 6.20 Å². The fourth-order valence-corrected chi connectivity index (χ4v) is 0.957. The Morgan fingerprint density at radius 3 is 2.67 bits per heavy atom. The van der Waals surface area contributed by atoms with E-state index in [1.807, 2.05) is 0 Å². The number of furan rings is 1. The molecule has 0 aliphatic heterocycles. The zero-order chi connectivity index (χ0) is 9.14. The minimum atomic E-state index is -0.498. The van der Waals surface area contributed by atoms with E-state index in [0.717, 1.165) is 17.5 Å². The van der Waals surface area contributed by atoms with Gasteiger partial charge in [0.05, 0.1) is 4.92 Å². The molecule has 1 aromatic rings. The van der Waals surface area contributed by atoms with Crippen LogP contribution in [0.2, 0.25) is 0 Å². The third-order valence-corrected chi connectivity index (χ3v) is 1.46. The van der Waals surface area contributed by atoms with Crippen LogP contribution in [-0.4, -0.2) is 4.92 Å². The Bertz CT molecular complexity index is 325. The molecule has 4 heteroatoms. The maximum Gasteiger partial charge on any atom is 0.235 e. The molecule has 4 nitrogen and oxygen atoms in total. The summed E-state index contributed by atoms with van der Waals surface area (Å²) in [7, 11) is 0. The summed E-state index contributed by atoms with van der Waals surface area (Å²) in [6, 6.07) is 1.76. The zero-order valence-corrected chi connectivity index (χ0v) is 6.90. The first-order chi connectivity index (χ1) is 5.59. The largest absolute Gasteiger partial charge is 0.466 e. The summed E-state index contributed by atoms with van der Waals surface area (Å²) in [6.45, 7) is 3.57. The number of aryl methyl sites for hydroxylation is 2. The van der Waals surface area contributed by atoms with E-state index >= 15 is 0 Å². The zero-order valence-electron chi connectivity index (χ0n) is 6.90. The van der Waals surface area contributed by atoms with Crippen LogP contribution >= 0.6 is 0 Å². The molecular weight excluding hydrogens is 158 g/mol. The lowest BCUT2D eigenvalue weighted by atomic mass is 10.2. The van der Waals surface area contributed by atoms with Crippen LogP contribution in [0.1, 0.15) is 17.1 Å². The number of hydrogen-bond acceptors (Lipinski definition) is 3. The molecule has 0 amide bonds. The molecule has 0 fully saturated rings. The Morgan fingerprint density at radius 1 is 1.58 bits per heavy atom. The lowest BCUT2D eigenvalue weighted by Crippen LogP contribution is -1.81. The van der Waals surface area contributed by atoms with Crippen molar-refractivity contribution in [2.75, 3.05) is 0 Å². The highest BCUT2D eigenvalue weighted by Gasteiger charge is 2.01. The first-order valence-electron chi connectivity index (χ1n) is 3.48.